The van der Waals surface area contributed by atoms with Crippen LogP contribution in [0.5, 0.6) is 0 Å². The molecule has 1 atom stereocenters. The molecule has 3 heteroatoms. The molecule has 0 rings (SSSR count). The molecular formula is C8H17BiO2. The second-order valence-electron chi connectivity index (χ2n) is 2.68. The Morgan fingerprint density at radius 2 is 2.18 bits per heavy atom. The van der Waals surface area contributed by atoms with E-state index in [1.54, 1.807) is 0 Å². The summed E-state index contributed by atoms with van der Waals surface area (Å²) in [5.74, 6) is 0.186. The van der Waals surface area contributed by atoms with Crippen LogP contribution >= 0.6 is 0 Å². The summed E-state index contributed by atoms with van der Waals surface area (Å²) in [5.41, 5.74) is 0. The molecule has 0 aromatic heterocycles. The first-order chi connectivity index (χ1) is 5.26. The molecule has 0 N–H and O–H groups in total. The van der Waals surface area contributed by atoms with Crippen LogP contribution in [0.4, 0.5) is 0 Å². The molecule has 0 aliphatic rings. The van der Waals surface area contributed by atoms with Crippen molar-refractivity contribution < 1.29 is 7.61 Å². The summed E-state index contributed by atoms with van der Waals surface area (Å²) in [5, 5.41) is 0. The van der Waals surface area contributed by atoms with Crippen LogP contribution in [0.1, 0.15) is 39.5 Å². The van der Waals surface area contributed by atoms with Crippen LogP contribution in [0, 0.1) is 5.92 Å². The van der Waals surface area contributed by atoms with Crippen LogP contribution in [-0.4, -0.2) is 31.1 Å². The van der Waals surface area contributed by atoms with Crippen molar-refractivity contribution in [3.8, 4) is 0 Å². The molecule has 0 radical (unpaired) electrons. The number of hydrogen-bond donors (Lipinski definition) is 0. The summed E-state index contributed by atoms with van der Waals surface area (Å²) in [6.07, 6.45) is 4.22. The maximum atomic E-state index is 11.1. The first kappa shape index (κ1) is 11.4. The third-order valence-electron chi connectivity index (χ3n) is 1.85. The van der Waals surface area contributed by atoms with E-state index >= 15 is 0 Å². The van der Waals surface area contributed by atoms with Crippen molar-refractivity contribution in [1.29, 1.82) is 0 Å². The van der Waals surface area contributed by atoms with Crippen LogP contribution in [0.2, 0.25) is 0 Å². The van der Waals surface area contributed by atoms with Crippen molar-refractivity contribution in [1.82, 2.24) is 0 Å². The van der Waals surface area contributed by atoms with Crippen LogP contribution < -0.4 is 0 Å². The van der Waals surface area contributed by atoms with E-state index in [9.17, 15) is 4.79 Å². The van der Waals surface area contributed by atoms with Crippen molar-refractivity contribution in [2.75, 3.05) is 0 Å². The summed E-state index contributed by atoms with van der Waals surface area (Å²) < 4.78 is 4.83. The van der Waals surface area contributed by atoms with Gasteiger partial charge in [0, 0.05) is 0 Å². The Balaban J connectivity index is 3.65. The van der Waals surface area contributed by atoms with E-state index in [0.717, 1.165) is 25.7 Å². The minimum absolute atomic E-state index is 0.0194. The van der Waals surface area contributed by atoms with Crippen molar-refractivity contribution in [3.63, 3.8) is 0 Å². The molecule has 0 aliphatic carbocycles. The number of carbonyl (C=O) groups excluding carboxylic acids is 1. The molecule has 0 amide bonds. The number of carbonyl (C=O) groups is 1. The van der Waals surface area contributed by atoms with Gasteiger partial charge < -0.3 is 0 Å². The van der Waals surface area contributed by atoms with Gasteiger partial charge in [0.05, 0.1) is 0 Å². The van der Waals surface area contributed by atoms with E-state index < -0.39 is 0 Å². The van der Waals surface area contributed by atoms with Crippen LogP contribution in [0.25, 0.3) is 0 Å². The summed E-state index contributed by atoms with van der Waals surface area (Å²) in [6.45, 7) is 4.18. The topological polar surface area (TPSA) is 26.3 Å². The second kappa shape index (κ2) is 7.03. The Bertz CT molecular complexity index is 115. The summed E-state index contributed by atoms with van der Waals surface area (Å²) in [4.78, 5) is 11.1. The van der Waals surface area contributed by atoms with E-state index in [4.69, 9.17) is 2.81 Å². The first-order valence-corrected chi connectivity index (χ1v) is 6.00. The summed E-state index contributed by atoms with van der Waals surface area (Å²) >= 11 is 0.350. The molecule has 1 unspecified atom stereocenters. The van der Waals surface area contributed by atoms with Gasteiger partial charge in [-0.25, -0.2) is 0 Å². The monoisotopic (exact) mass is 354 g/mol. The molecule has 66 valence electrons. The van der Waals surface area contributed by atoms with Gasteiger partial charge in [0.25, 0.3) is 0 Å². The second-order valence-corrected chi connectivity index (χ2v) is 3.60. The van der Waals surface area contributed by atoms with Gasteiger partial charge in [0.2, 0.25) is 0 Å². The average Bonchev–Trinajstić information content (AvgIpc) is 2.05. The van der Waals surface area contributed by atoms with E-state index in [1.165, 1.54) is 0 Å². The molecule has 11 heavy (non-hydrogen) atoms. The fourth-order valence-electron chi connectivity index (χ4n) is 1.04. The molecule has 0 heterocycles. The quantitative estimate of drug-likeness (QED) is 0.696. The Morgan fingerprint density at radius 3 is 2.55 bits per heavy atom. The van der Waals surface area contributed by atoms with Crippen LogP contribution in [0.3, 0.4) is 0 Å². The van der Waals surface area contributed by atoms with E-state index in [2.05, 4.69) is 6.92 Å². The molecule has 0 aromatic rings. The van der Waals surface area contributed by atoms with E-state index in [1.807, 2.05) is 6.92 Å². The molecule has 0 spiro atoms. The zero-order valence-electron chi connectivity index (χ0n) is 7.30. The molecule has 0 fully saturated rings. The fourth-order valence-corrected chi connectivity index (χ4v) is 1.78. The third-order valence-corrected chi connectivity index (χ3v) is 2.75. The van der Waals surface area contributed by atoms with Crippen LogP contribution in [-0.2, 0) is 7.61 Å². The van der Waals surface area contributed by atoms with Gasteiger partial charge in [-0.05, 0) is 0 Å². The van der Waals surface area contributed by atoms with E-state index in [0.29, 0.717) is 25.2 Å². The van der Waals surface area contributed by atoms with Crippen molar-refractivity contribution >= 4 is 31.1 Å². The zero-order chi connectivity index (χ0) is 8.69. The normalized spacial score (nSPS) is 12.6. The third kappa shape index (κ3) is 4.73. The molecule has 0 bridgehead atoms. The van der Waals surface area contributed by atoms with Gasteiger partial charge in [-0.3, -0.25) is 0 Å². The molecule has 0 saturated heterocycles. The van der Waals surface area contributed by atoms with E-state index in [-0.39, 0.29) is 11.9 Å². The fraction of sp³-hybridized carbons (Fsp3) is 0.875. The number of unbranched alkanes of at least 4 members (excludes halogenated alkanes) is 1. The SMILES string of the molecule is CCCCC(CC)C(=O)[O][BiH2]. The number of hydrogen-bond acceptors (Lipinski definition) is 2. The van der Waals surface area contributed by atoms with Crippen LogP contribution in [0.15, 0.2) is 0 Å². The maximum absolute atomic E-state index is 11.1. The van der Waals surface area contributed by atoms with Gasteiger partial charge in [-0.15, -0.1) is 0 Å². The predicted molar refractivity (Wildman–Crippen MR) is 47.9 cm³/mol. The first-order valence-electron chi connectivity index (χ1n) is 4.16. The summed E-state index contributed by atoms with van der Waals surface area (Å²) in [6, 6.07) is 0. The Hall–Kier alpha value is 0.353. The van der Waals surface area contributed by atoms with Crippen molar-refractivity contribution in [2.24, 2.45) is 5.92 Å². The minimum atomic E-state index is 0.0194. The Morgan fingerprint density at radius 1 is 1.55 bits per heavy atom. The molecule has 0 aliphatic heterocycles. The van der Waals surface area contributed by atoms with Gasteiger partial charge in [-0.2, -0.15) is 0 Å². The Labute approximate surface area is 84.2 Å². The van der Waals surface area contributed by atoms with Gasteiger partial charge in [0.15, 0.2) is 0 Å². The average molecular weight is 354 g/mol. The standard InChI is InChI=1S/C8H16O2.Bi.2H/c1-3-5-6-7(4-2)8(9)10;;;/h7H,3-6H2,1-2H3,(H,9,10);;;/q;+1;;/p-1. The van der Waals surface area contributed by atoms with Gasteiger partial charge >= 0.3 is 84.2 Å². The molecule has 0 aromatic carbocycles. The van der Waals surface area contributed by atoms with Gasteiger partial charge in [0.1, 0.15) is 0 Å². The van der Waals surface area contributed by atoms with Gasteiger partial charge in [-0.1, -0.05) is 0 Å². The molecular weight excluding hydrogens is 337 g/mol. The van der Waals surface area contributed by atoms with Crippen molar-refractivity contribution in [3.05, 3.63) is 0 Å². The molecule has 2 nitrogen and oxygen atoms in total. The zero-order valence-corrected chi connectivity index (χ0v) is 11.8. The van der Waals surface area contributed by atoms with Crippen molar-refractivity contribution in [2.45, 2.75) is 39.5 Å². The predicted octanol–water partition coefficient (Wildman–Crippen LogP) is 1.29. The molecule has 0 saturated carbocycles. The Kier molecular flexibility index (Phi) is 7.25. The summed E-state index contributed by atoms with van der Waals surface area (Å²) in [7, 11) is 0. The number of rotatable bonds is 5.